The number of carboxylic acids is 1. The molecule has 6 heteroatoms. The predicted molar refractivity (Wildman–Crippen MR) is 30.9 cm³/mol. The normalized spacial score (nSPS) is 16.7. The van der Waals surface area contributed by atoms with Crippen molar-refractivity contribution in [1.82, 2.24) is 0 Å². The molecule has 3 N–H and O–H groups in total. The molecule has 0 atom stereocenters. The number of hydrogen-bond donors (Lipinski definition) is 2. The van der Waals surface area contributed by atoms with Crippen LogP contribution in [0.1, 0.15) is 12.8 Å². The lowest BCUT2D eigenvalue weighted by Crippen LogP contribution is -2.21. The summed E-state index contributed by atoms with van der Waals surface area (Å²) >= 11 is 0. The molecule has 1 aliphatic rings. The summed E-state index contributed by atoms with van der Waals surface area (Å²) in [5, 5.41) is 7.12. The summed E-state index contributed by atoms with van der Waals surface area (Å²) in [6.45, 7) is 0. The lowest BCUT2D eigenvalue weighted by atomic mass is 10.7. The Morgan fingerprint density at radius 3 is 1.64 bits per heavy atom. The zero-order valence-corrected chi connectivity index (χ0v) is 5.56. The number of rotatable bonds is 0. The van der Waals surface area contributed by atoms with Gasteiger partial charge in [-0.2, -0.15) is 13.2 Å². The van der Waals surface area contributed by atoms with Crippen molar-refractivity contribution < 1.29 is 23.1 Å². The molecule has 0 aromatic rings. The van der Waals surface area contributed by atoms with E-state index in [2.05, 4.69) is 0 Å². The molecule has 66 valence electrons. The average molecular weight is 171 g/mol. The molecule has 1 fully saturated rings. The van der Waals surface area contributed by atoms with Gasteiger partial charge in [-0.15, -0.1) is 0 Å². The number of hydrogen-bond acceptors (Lipinski definition) is 2. The van der Waals surface area contributed by atoms with Gasteiger partial charge in [0, 0.05) is 6.04 Å². The monoisotopic (exact) mass is 171 g/mol. The SMILES string of the molecule is NC1CC1.O=C(O)C(F)(F)F. The second-order valence-electron chi connectivity index (χ2n) is 2.14. The molecule has 0 aliphatic heterocycles. The Labute approximate surface area is 61.0 Å². The number of aliphatic carboxylic acids is 1. The van der Waals surface area contributed by atoms with Gasteiger partial charge in [-0.05, 0) is 12.8 Å². The number of nitrogens with two attached hydrogens (primary N) is 1. The van der Waals surface area contributed by atoms with Crippen LogP contribution in [0.25, 0.3) is 0 Å². The average Bonchev–Trinajstić information content (AvgIpc) is 2.49. The molecule has 1 saturated carbocycles. The van der Waals surface area contributed by atoms with Gasteiger partial charge in [-0.1, -0.05) is 0 Å². The van der Waals surface area contributed by atoms with Gasteiger partial charge < -0.3 is 10.8 Å². The van der Waals surface area contributed by atoms with E-state index in [-0.39, 0.29) is 0 Å². The van der Waals surface area contributed by atoms with Gasteiger partial charge in [0.15, 0.2) is 0 Å². The van der Waals surface area contributed by atoms with Crippen LogP contribution in [-0.2, 0) is 4.79 Å². The second-order valence-corrected chi connectivity index (χ2v) is 2.14. The fraction of sp³-hybridized carbons (Fsp3) is 0.800. The van der Waals surface area contributed by atoms with Crippen molar-refractivity contribution in [2.75, 3.05) is 0 Å². The summed E-state index contributed by atoms with van der Waals surface area (Å²) in [5.41, 5.74) is 5.22. The topological polar surface area (TPSA) is 63.3 Å². The summed E-state index contributed by atoms with van der Waals surface area (Å²) in [6.07, 6.45) is -2.56. The van der Waals surface area contributed by atoms with Crippen molar-refractivity contribution in [3.8, 4) is 0 Å². The quantitative estimate of drug-likeness (QED) is 0.565. The first-order valence-corrected chi connectivity index (χ1v) is 2.89. The molecule has 0 amide bonds. The first-order valence-electron chi connectivity index (χ1n) is 2.89. The maximum atomic E-state index is 10.6. The van der Waals surface area contributed by atoms with Crippen molar-refractivity contribution >= 4 is 5.97 Å². The minimum absolute atomic E-state index is 0.583. The van der Waals surface area contributed by atoms with Gasteiger partial charge in [-0.3, -0.25) is 0 Å². The Morgan fingerprint density at radius 2 is 1.64 bits per heavy atom. The summed E-state index contributed by atoms with van der Waals surface area (Å²) in [6, 6.07) is 0.583. The van der Waals surface area contributed by atoms with E-state index in [1.165, 1.54) is 12.8 Å². The van der Waals surface area contributed by atoms with Crippen molar-refractivity contribution in [1.29, 1.82) is 0 Å². The van der Waals surface area contributed by atoms with Crippen LogP contribution in [0, 0.1) is 0 Å². The Kier molecular flexibility index (Phi) is 3.31. The molecule has 0 heterocycles. The molecule has 3 nitrogen and oxygen atoms in total. The highest BCUT2D eigenvalue weighted by atomic mass is 19.4. The van der Waals surface area contributed by atoms with Gasteiger partial charge in [0.25, 0.3) is 0 Å². The second kappa shape index (κ2) is 3.56. The van der Waals surface area contributed by atoms with Gasteiger partial charge in [0.05, 0.1) is 0 Å². The van der Waals surface area contributed by atoms with Gasteiger partial charge in [0.1, 0.15) is 0 Å². The fourth-order valence-corrected chi connectivity index (χ4v) is 0.0962. The molecule has 0 radical (unpaired) electrons. The van der Waals surface area contributed by atoms with Gasteiger partial charge in [0.2, 0.25) is 0 Å². The molecule has 0 aromatic heterocycles. The maximum absolute atomic E-state index is 10.6. The number of halogens is 3. The van der Waals surface area contributed by atoms with Crippen LogP contribution in [0.5, 0.6) is 0 Å². The third-order valence-corrected chi connectivity index (χ3v) is 0.865. The van der Waals surface area contributed by atoms with E-state index >= 15 is 0 Å². The fourth-order valence-electron chi connectivity index (χ4n) is 0.0962. The summed E-state index contributed by atoms with van der Waals surface area (Å²) in [5.74, 6) is -2.76. The first kappa shape index (κ1) is 10.2. The molecular formula is C5H8F3NO2. The predicted octanol–water partition coefficient (Wildman–Crippen LogP) is 0.741. The van der Waals surface area contributed by atoms with E-state index in [4.69, 9.17) is 15.6 Å². The van der Waals surface area contributed by atoms with Crippen molar-refractivity contribution in [2.24, 2.45) is 5.73 Å². The van der Waals surface area contributed by atoms with Crippen molar-refractivity contribution in [3.05, 3.63) is 0 Å². The maximum Gasteiger partial charge on any atom is 0.490 e. The van der Waals surface area contributed by atoms with Crippen molar-refractivity contribution in [3.63, 3.8) is 0 Å². The third kappa shape index (κ3) is 7.11. The zero-order chi connectivity index (χ0) is 9.07. The smallest absolute Gasteiger partial charge is 0.475 e. The first-order chi connectivity index (χ1) is 4.84. The van der Waals surface area contributed by atoms with E-state index in [1.807, 2.05) is 0 Å². The van der Waals surface area contributed by atoms with Gasteiger partial charge >= 0.3 is 12.1 Å². The molecular weight excluding hydrogens is 163 g/mol. The van der Waals surface area contributed by atoms with Crippen LogP contribution in [-0.4, -0.2) is 23.3 Å². The molecule has 1 aliphatic carbocycles. The van der Waals surface area contributed by atoms with Crippen LogP contribution >= 0.6 is 0 Å². The summed E-state index contributed by atoms with van der Waals surface area (Å²) in [4.78, 5) is 8.90. The number of carboxylic acid groups (broad SMARTS) is 1. The standard InChI is InChI=1S/C3H7N.C2HF3O2/c4-3-1-2-3;3-2(4,5)1(6)7/h3H,1-2,4H2;(H,6,7). The highest BCUT2D eigenvalue weighted by Crippen LogP contribution is 2.14. The van der Waals surface area contributed by atoms with E-state index in [0.717, 1.165) is 0 Å². The molecule has 11 heavy (non-hydrogen) atoms. The number of carbonyl (C=O) groups is 1. The molecule has 0 saturated heterocycles. The van der Waals surface area contributed by atoms with Crippen molar-refractivity contribution in [2.45, 2.75) is 25.1 Å². The number of alkyl halides is 3. The molecule has 0 aromatic carbocycles. The van der Waals surface area contributed by atoms with E-state index in [9.17, 15) is 13.2 Å². The van der Waals surface area contributed by atoms with E-state index < -0.39 is 12.1 Å². The minimum atomic E-state index is -5.08. The van der Waals surface area contributed by atoms with E-state index in [1.54, 1.807) is 0 Å². The summed E-state index contributed by atoms with van der Waals surface area (Å²) < 4.78 is 31.7. The third-order valence-electron chi connectivity index (χ3n) is 0.865. The highest BCUT2D eigenvalue weighted by molar-refractivity contribution is 5.73. The molecule has 0 unspecified atom stereocenters. The van der Waals surface area contributed by atoms with Crippen LogP contribution in [0.3, 0.4) is 0 Å². The Morgan fingerprint density at radius 1 is 1.45 bits per heavy atom. The highest BCUT2D eigenvalue weighted by Gasteiger charge is 2.38. The zero-order valence-electron chi connectivity index (χ0n) is 5.56. The molecule has 1 rings (SSSR count). The van der Waals surface area contributed by atoms with Crippen LogP contribution in [0.4, 0.5) is 13.2 Å². The molecule has 0 spiro atoms. The Balaban J connectivity index is 0.000000207. The largest absolute Gasteiger partial charge is 0.490 e. The minimum Gasteiger partial charge on any atom is -0.475 e. The van der Waals surface area contributed by atoms with Crippen LogP contribution in [0.15, 0.2) is 0 Å². The lowest BCUT2D eigenvalue weighted by Gasteiger charge is -1.93. The van der Waals surface area contributed by atoms with Crippen LogP contribution in [0.2, 0.25) is 0 Å². The Hall–Kier alpha value is -0.780. The van der Waals surface area contributed by atoms with E-state index in [0.29, 0.717) is 6.04 Å². The van der Waals surface area contributed by atoms with Gasteiger partial charge in [-0.25, -0.2) is 4.79 Å². The van der Waals surface area contributed by atoms with Crippen LogP contribution < -0.4 is 5.73 Å². The molecule has 0 bridgehead atoms. The lowest BCUT2D eigenvalue weighted by molar-refractivity contribution is -0.192. The Bertz CT molecular complexity index is 141. The summed E-state index contributed by atoms with van der Waals surface area (Å²) in [7, 11) is 0.